The molecule has 6 nitrogen and oxygen atoms in total. The molecule has 0 N–H and O–H groups in total. The van der Waals surface area contributed by atoms with Crippen molar-refractivity contribution in [2.24, 2.45) is 12.5 Å². The topological polar surface area (TPSA) is 57.6 Å². The first-order valence-electron chi connectivity index (χ1n) is 9.45. The fourth-order valence-corrected chi connectivity index (χ4v) is 3.41. The van der Waals surface area contributed by atoms with Crippen LogP contribution in [0.15, 0.2) is 59.7 Å². The third kappa shape index (κ3) is 3.50. The number of nitrogens with zero attached hydrogens (tertiary/aromatic N) is 5. The molecule has 0 saturated heterocycles. The lowest BCUT2D eigenvalue weighted by Gasteiger charge is -2.18. The highest BCUT2D eigenvalue weighted by molar-refractivity contribution is 5.76. The Labute approximate surface area is 164 Å². The second kappa shape index (κ2) is 6.78. The quantitative estimate of drug-likeness (QED) is 0.547. The van der Waals surface area contributed by atoms with Gasteiger partial charge in [-0.1, -0.05) is 51.1 Å². The molecular formula is C22H25N5O. The molecule has 144 valence electrons. The molecule has 28 heavy (non-hydrogen) atoms. The zero-order valence-electron chi connectivity index (χ0n) is 16.8. The largest absolute Gasteiger partial charge is 0.330 e. The maximum absolute atomic E-state index is 12.7. The van der Waals surface area contributed by atoms with E-state index in [9.17, 15) is 4.79 Å². The summed E-state index contributed by atoms with van der Waals surface area (Å²) in [6, 6.07) is 14.2. The van der Waals surface area contributed by atoms with Crippen LogP contribution in [0.2, 0.25) is 0 Å². The second-order valence-corrected chi connectivity index (χ2v) is 8.44. The number of imidazole rings is 1. The van der Waals surface area contributed by atoms with Crippen molar-refractivity contribution in [3.05, 3.63) is 70.9 Å². The van der Waals surface area contributed by atoms with Crippen LogP contribution >= 0.6 is 0 Å². The van der Waals surface area contributed by atoms with E-state index in [4.69, 9.17) is 4.98 Å². The van der Waals surface area contributed by atoms with Gasteiger partial charge < -0.3 is 0 Å². The van der Waals surface area contributed by atoms with Gasteiger partial charge in [0.05, 0.1) is 24.0 Å². The van der Waals surface area contributed by atoms with E-state index in [0.29, 0.717) is 18.7 Å². The van der Waals surface area contributed by atoms with Gasteiger partial charge in [0.1, 0.15) is 0 Å². The van der Waals surface area contributed by atoms with Crippen molar-refractivity contribution in [1.82, 2.24) is 23.9 Å². The molecule has 4 aromatic rings. The van der Waals surface area contributed by atoms with E-state index in [1.54, 1.807) is 11.6 Å². The van der Waals surface area contributed by atoms with E-state index in [1.165, 1.54) is 5.56 Å². The van der Waals surface area contributed by atoms with Crippen LogP contribution in [-0.2, 0) is 20.1 Å². The molecule has 0 unspecified atom stereocenters. The van der Waals surface area contributed by atoms with Crippen LogP contribution in [0.5, 0.6) is 0 Å². The van der Waals surface area contributed by atoms with Crippen molar-refractivity contribution in [3.63, 3.8) is 0 Å². The molecule has 0 saturated carbocycles. The van der Waals surface area contributed by atoms with E-state index in [1.807, 2.05) is 52.0 Å². The van der Waals surface area contributed by atoms with Crippen LogP contribution in [0.4, 0.5) is 0 Å². The third-order valence-corrected chi connectivity index (χ3v) is 4.73. The predicted octanol–water partition coefficient (Wildman–Crippen LogP) is 3.69. The van der Waals surface area contributed by atoms with Crippen LogP contribution in [0.1, 0.15) is 26.3 Å². The smallest absolute Gasteiger partial charge is 0.290 e. The molecule has 0 amide bonds. The number of aromatic nitrogens is 5. The Balaban J connectivity index is 1.69. The van der Waals surface area contributed by atoms with Crippen molar-refractivity contribution in [1.29, 1.82) is 0 Å². The Bertz CT molecular complexity index is 1180. The van der Waals surface area contributed by atoms with Crippen LogP contribution in [-0.4, -0.2) is 23.9 Å². The lowest BCUT2D eigenvalue weighted by atomic mass is 9.97. The number of rotatable bonds is 4. The molecule has 0 radical (unpaired) electrons. The highest BCUT2D eigenvalue weighted by atomic mass is 16.1. The minimum atomic E-state index is -0.0330. The van der Waals surface area contributed by atoms with Crippen LogP contribution < -0.4 is 5.69 Å². The normalized spacial score (nSPS) is 12.0. The minimum Gasteiger partial charge on any atom is -0.290 e. The summed E-state index contributed by atoms with van der Waals surface area (Å²) < 4.78 is 5.34. The summed E-state index contributed by atoms with van der Waals surface area (Å²) in [4.78, 5) is 17.5. The van der Waals surface area contributed by atoms with Crippen molar-refractivity contribution >= 4 is 11.2 Å². The van der Waals surface area contributed by atoms with Crippen molar-refractivity contribution < 1.29 is 0 Å². The number of benzene rings is 1. The first-order chi connectivity index (χ1) is 13.3. The zero-order valence-corrected chi connectivity index (χ0v) is 16.8. The first-order valence-corrected chi connectivity index (χ1v) is 9.45. The molecule has 6 heteroatoms. The summed E-state index contributed by atoms with van der Waals surface area (Å²) >= 11 is 0. The van der Waals surface area contributed by atoms with E-state index >= 15 is 0 Å². The summed E-state index contributed by atoms with van der Waals surface area (Å²) in [5, 5.41) is 4.46. The summed E-state index contributed by atoms with van der Waals surface area (Å²) in [7, 11) is 1.78. The molecule has 0 spiro atoms. The molecule has 0 bridgehead atoms. The Hall–Kier alpha value is -3.15. The van der Waals surface area contributed by atoms with Gasteiger partial charge in [-0.25, -0.2) is 9.78 Å². The van der Waals surface area contributed by atoms with E-state index in [0.717, 1.165) is 16.8 Å². The molecule has 4 rings (SSSR count). The lowest BCUT2D eigenvalue weighted by Crippen LogP contribution is -2.27. The van der Waals surface area contributed by atoms with Gasteiger partial charge in [0.25, 0.3) is 0 Å². The molecule has 0 aliphatic heterocycles. The minimum absolute atomic E-state index is 0.00928. The molecule has 0 aliphatic rings. The average molecular weight is 375 g/mol. The lowest BCUT2D eigenvalue weighted by molar-refractivity contribution is 0.342. The van der Waals surface area contributed by atoms with Gasteiger partial charge in [-0.05, 0) is 23.1 Å². The zero-order chi connectivity index (χ0) is 19.9. The maximum atomic E-state index is 12.7. The van der Waals surface area contributed by atoms with Gasteiger partial charge in [0.15, 0.2) is 5.65 Å². The highest BCUT2D eigenvalue weighted by Gasteiger charge is 2.19. The van der Waals surface area contributed by atoms with Gasteiger partial charge in [0.2, 0.25) is 0 Å². The Morgan fingerprint density at radius 2 is 1.79 bits per heavy atom. The van der Waals surface area contributed by atoms with Crippen molar-refractivity contribution in [2.45, 2.75) is 33.9 Å². The average Bonchev–Trinajstić information content (AvgIpc) is 3.21. The van der Waals surface area contributed by atoms with Crippen molar-refractivity contribution in [3.8, 4) is 11.3 Å². The highest BCUT2D eigenvalue weighted by Crippen LogP contribution is 2.23. The number of pyridine rings is 1. The van der Waals surface area contributed by atoms with Crippen LogP contribution in [0, 0.1) is 5.41 Å². The Morgan fingerprint density at radius 1 is 1.04 bits per heavy atom. The number of fused-ring (bicyclic) bond motifs is 1. The van der Waals surface area contributed by atoms with E-state index in [-0.39, 0.29) is 11.1 Å². The molecule has 0 fully saturated rings. The summed E-state index contributed by atoms with van der Waals surface area (Å²) in [5.41, 5.74) is 4.49. The standard InChI is InChI=1S/C22H25N5O/c1-22(2,3)15-27-19-11-10-18(24-20(19)25(4)21(27)28)17-12-23-26(14-17)13-16-8-6-5-7-9-16/h5-12,14H,13,15H2,1-4H3. The number of hydrogen-bond acceptors (Lipinski definition) is 3. The molecule has 0 atom stereocenters. The summed E-state index contributed by atoms with van der Waals surface area (Å²) in [6.45, 7) is 7.74. The van der Waals surface area contributed by atoms with Gasteiger partial charge in [-0.2, -0.15) is 5.10 Å². The van der Waals surface area contributed by atoms with E-state index in [2.05, 4.69) is 38.0 Å². The van der Waals surface area contributed by atoms with Gasteiger partial charge in [-0.3, -0.25) is 13.8 Å². The summed E-state index contributed by atoms with van der Waals surface area (Å²) in [5.74, 6) is 0. The third-order valence-electron chi connectivity index (χ3n) is 4.73. The Morgan fingerprint density at radius 3 is 2.50 bits per heavy atom. The molecule has 0 aliphatic carbocycles. The van der Waals surface area contributed by atoms with Gasteiger partial charge >= 0.3 is 5.69 Å². The second-order valence-electron chi connectivity index (χ2n) is 8.44. The predicted molar refractivity (Wildman–Crippen MR) is 111 cm³/mol. The van der Waals surface area contributed by atoms with Gasteiger partial charge in [0, 0.05) is 25.4 Å². The maximum Gasteiger partial charge on any atom is 0.330 e. The molecular weight excluding hydrogens is 350 g/mol. The number of aryl methyl sites for hydroxylation is 1. The Kier molecular flexibility index (Phi) is 4.41. The monoisotopic (exact) mass is 375 g/mol. The SMILES string of the molecule is Cn1c(=O)n(CC(C)(C)C)c2ccc(-c3cnn(Cc4ccccc4)c3)nc21. The van der Waals surface area contributed by atoms with Crippen molar-refractivity contribution in [2.75, 3.05) is 0 Å². The van der Waals surface area contributed by atoms with E-state index < -0.39 is 0 Å². The molecule has 3 aromatic heterocycles. The van der Waals surface area contributed by atoms with Gasteiger partial charge in [-0.15, -0.1) is 0 Å². The first kappa shape index (κ1) is 18.2. The number of hydrogen-bond donors (Lipinski definition) is 0. The summed E-state index contributed by atoms with van der Waals surface area (Å²) in [6.07, 6.45) is 3.81. The fourth-order valence-electron chi connectivity index (χ4n) is 3.41. The van der Waals surface area contributed by atoms with Crippen LogP contribution in [0.3, 0.4) is 0 Å². The fraction of sp³-hybridized carbons (Fsp3) is 0.318. The van der Waals surface area contributed by atoms with Crippen LogP contribution in [0.25, 0.3) is 22.4 Å². The molecule has 1 aromatic carbocycles. The molecule has 3 heterocycles.